The predicted octanol–water partition coefficient (Wildman–Crippen LogP) is 6.93. The molecule has 0 radical (unpaired) electrons. The quantitative estimate of drug-likeness (QED) is 0.498. The van der Waals surface area contributed by atoms with Crippen LogP contribution in [-0.2, 0) is 18.5 Å². The van der Waals surface area contributed by atoms with E-state index in [4.69, 9.17) is 0 Å². The largest absolute Gasteiger partial charge is 0.417 e. The maximum atomic E-state index is 13.3. The second-order valence-electron chi connectivity index (χ2n) is 6.07. The summed E-state index contributed by atoms with van der Waals surface area (Å²) >= 11 is 0. The summed E-state index contributed by atoms with van der Waals surface area (Å²) in [5.74, 6) is -0.654. The van der Waals surface area contributed by atoms with Gasteiger partial charge >= 0.3 is 18.5 Å². The first-order valence-corrected chi connectivity index (χ1v) is 7.48. The maximum absolute atomic E-state index is 13.3. The fourth-order valence-electron chi connectivity index (χ4n) is 2.46. The van der Waals surface area contributed by atoms with Gasteiger partial charge in [-0.3, -0.25) is 4.98 Å². The van der Waals surface area contributed by atoms with Gasteiger partial charge in [-0.25, -0.2) is 0 Å². The summed E-state index contributed by atoms with van der Waals surface area (Å²) in [5, 5.41) is 0. The van der Waals surface area contributed by atoms with Crippen LogP contribution in [0.1, 0.15) is 42.0 Å². The van der Waals surface area contributed by atoms with Gasteiger partial charge in [-0.05, 0) is 29.7 Å². The van der Waals surface area contributed by atoms with Gasteiger partial charge in [0.2, 0.25) is 0 Å². The molecule has 0 aliphatic rings. The van der Waals surface area contributed by atoms with Crippen LogP contribution in [0.15, 0.2) is 30.5 Å². The van der Waals surface area contributed by atoms with Gasteiger partial charge in [0.15, 0.2) is 0 Å². The molecule has 1 nitrogen and oxygen atoms in total. The summed E-state index contributed by atoms with van der Waals surface area (Å²) in [6, 6.07) is 1.60. The molecule has 0 atom stereocenters. The Labute approximate surface area is 147 Å². The third kappa shape index (κ3) is 4.54. The summed E-state index contributed by atoms with van der Waals surface area (Å²) in [5.41, 5.74) is -5.61. The Morgan fingerprint density at radius 2 is 1.30 bits per heavy atom. The number of hydrogen-bond donors (Lipinski definition) is 0. The molecule has 0 saturated heterocycles. The predicted molar refractivity (Wildman–Crippen MR) is 78.8 cm³/mol. The van der Waals surface area contributed by atoms with Gasteiger partial charge in [0.1, 0.15) is 0 Å². The van der Waals surface area contributed by atoms with Crippen molar-refractivity contribution in [3.05, 3.63) is 52.7 Å². The lowest BCUT2D eigenvalue weighted by molar-refractivity contribution is -0.143. The van der Waals surface area contributed by atoms with E-state index in [1.807, 2.05) is 0 Å². The molecular weight excluding hydrogens is 389 g/mol. The van der Waals surface area contributed by atoms with E-state index >= 15 is 0 Å². The van der Waals surface area contributed by atoms with E-state index < -0.39 is 52.4 Å². The molecule has 1 aromatic carbocycles. The average Bonchev–Trinajstić information content (AvgIpc) is 2.51. The van der Waals surface area contributed by atoms with Crippen LogP contribution in [0.25, 0.3) is 11.3 Å². The minimum absolute atomic E-state index is 0.0706. The van der Waals surface area contributed by atoms with Gasteiger partial charge in [0.25, 0.3) is 0 Å². The normalized spacial score (nSPS) is 13.3. The SMILES string of the molecule is CC(C)c1cc(C(F)(F)F)cnc1-c1ccc(C(F)(F)F)cc1C(F)(F)F. The van der Waals surface area contributed by atoms with Crippen molar-refractivity contribution in [1.29, 1.82) is 0 Å². The second-order valence-corrected chi connectivity index (χ2v) is 6.07. The fourth-order valence-corrected chi connectivity index (χ4v) is 2.46. The summed E-state index contributed by atoms with van der Waals surface area (Å²) in [7, 11) is 0. The van der Waals surface area contributed by atoms with Crippen molar-refractivity contribution in [2.24, 2.45) is 0 Å². The number of halogens is 9. The summed E-state index contributed by atoms with van der Waals surface area (Å²) < 4.78 is 117. The number of pyridine rings is 1. The highest BCUT2D eigenvalue weighted by atomic mass is 19.4. The van der Waals surface area contributed by atoms with E-state index in [-0.39, 0.29) is 11.6 Å². The van der Waals surface area contributed by atoms with Gasteiger partial charge in [0, 0.05) is 11.8 Å². The minimum Gasteiger partial charge on any atom is -0.255 e. The number of nitrogens with zero attached hydrogens (tertiary/aromatic N) is 1. The molecule has 0 saturated carbocycles. The van der Waals surface area contributed by atoms with Crippen molar-refractivity contribution in [1.82, 2.24) is 4.98 Å². The van der Waals surface area contributed by atoms with Crippen LogP contribution in [0.2, 0.25) is 0 Å². The Hall–Kier alpha value is -2.26. The first kappa shape index (κ1) is 21.0. The van der Waals surface area contributed by atoms with Crippen LogP contribution < -0.4 is 0 Å². The minimum atomic E-state index is -5.16. The first-order valence-electron chi connectivity index (χ1n) is 7.48. The number of rotatable bonds is 2. The van der Waals surface area contributed by atoms with Crippen molar-refractivity contribution in [3.63, 3.8) is 0 Å². The zero-order valence-electron chi connectivity index (χ0n) is 13.8. The summed E-state index contributed by atoms with van der Waals surface area (Å²) in [6.45, 7) is 2.88. The molecule has 2 rings (SSSR count). The fraction of sp³-hybridized carbons (Fsp3) is 0.353. The first-order chi connectivity index (χ1) is 12.1. The molecule has 27 heavy (non-hydrogen) atoms. The third-order valence-corrected chi connectivity index (χ3v) is 3.77. The molecule has 1 aromatic heterocycles. The van der Waals surface area contributed by atoms with E-state index in [2.05, 4.69) is 4.98 Å². The van der Waals surface area contributed by atoms with Crippen LogP contribution in [0, 0.1) is 0 Å². The van der Waals surface area contributed by atoms with Gasteiger partial charge in [0.05, 0.1) is 22.4 Å². The molecule has 0 aliphatic heterocycles. The topological polar surface area (TPSA) is 12.9 Å². The summed E-state index contributed by atoms with van der Waals surface area (Å²) in [4.78, 5) is 3.50. The maximum Gasteiger partial charge on any atom is 0.417 e. The molecule has 2 aromatic rings. The molecule has 148 valence electrons. The van der Waals surface area contributed by atoms with Crippen LogP contribution in [0.4, 0.5) is 39.5 Å². The highest BCUT2D eigenvalue weighted by Crippen LogP contribution is 2.43. The van der Waals surface area contributed by atoms with E-state index in [0.29, 0.717) is 24.4 Å². The zero-order valence-corrected chi connectivity index (χ0v) is 13.8. The standard InChI is InChI=1S/C17H12F9N/c1-8(2)12-5-10(16(21,22)23)7-27-14(12)11-4-3-9(15(18,19)20)6-13(11)17(24,25)26/h3-8H,1-2H3. The van der Waals surface area contributed by atoms with Gasteiger partial charge in [-0.1, -0.05) is 19.9 Å². The molecule has 1 heterocycles. The Morgan fingerprint density at radius 3 is 1.74 bits per heavy atom. The number of aromatic nitrogens is 1. The van der Waals surface area contributed by atoms with Gasteiger partial charge in [-0.15, -0.1) is 0 Å². The average molecular weight is 401 g/mol. The van der Waals surface area contributed by atoms with Crippen LogP contribution in [0.5, 0.6) is 0 Å². The van der Waals surface area contributed by atoms with Crippen molar-refractivity contribution >= 4 is 0 Å². The van der Waals surface area contributed by atoms with E-state index in [1.165, 1.54) is 13.8 Å². The van der Waals surface area contributed by atoms with E-state index in [9.17, 15) is 39.5 Å². The zero-order chi connectivity index (χ0) is 20.8. The highest BCUT2D eigenvalue weighted by molar-refractivity contribution is 5.69. The molecule has 0 N–H and O–H groups in total. The summed E-state index contributed by atoms with van der Waals surface area (Å²) in [6.07, 6.45) is -14.6. The highest BCUT2D eigenvalue weighted by Gasteiger charge is 2.39. The van der Waals surface area contributed by atoms with E-state index in [0.717, 1.165) is 0 Å². The monoisotopic (exact) mass is 401 g/mol. The van der Waals surface area contributed by atoms with Crippen LogP contribution in [-0.4, -0.2) is 4.98 Å². The third-order valence-electron chi connectivity index (χ3n) is 3.77. The Bertz CT molecular complexity index is 830. The van der Waals surface area contributed by atoms with E-state index in [1.54, 1.807) is 0 Å². The Balaban J connectivity index is 2.78. The van der Waals surface area contributed by atoms with Crippen LogP contribution >= 0.6 is 0 Å². The number of alkyl halides is 9. The number of benzene rings is 1. The lowest BCUT2D eigenvalue weighted by Gasteiger charge is -2.19. The lowest BCUT2D eigenvalue weighted by atomic mass is 9.92. The molecular formula is C17H12F9N. The molecule has 10 heteroatoms. The van der Waals surface area contributed by atoms with Crippen molar-refractivity contribution in [2.45, 2.75) is 38.3 Å². The van der Waals surface area contributed by atoms with Gasteiger partial charge in [-0.2, -0.15) is 39.5 Å². The second kappa shape index (κ2) is 6.72. The molecule has 0 amide bonds. The van der Waals surface area contributed by atoms with Crippen molar-refractivity contribution < 1.29 is 39.5 Å². The molecule has 0 aliphatic carbocycles. The molecule has 0 bridgehead atoms. The van der Waals surface area contributed by atoms with Crippen molar-refractivity contribution in [2.75, 3.05) is 0 Å². The molecule has 0 unspecified atom stereocenters. The lowest BCUT2D eigenvalue weighted by Crippen LogP contribution is -2.14. The number of hydrogen-bond acceptors (Lipinski definition) is 1. The Morgan fingerprint density at radius 1 is 0.741 bits per heavy atom. The molecule has 0 fully saturated rings. The van der Waals surface area contributed by atoms with Crippen molar-refractivity contribution in [3.8, 4) is 11.3 Å². The molecule has 0 spiro atoms. The van der Waals surface area contributed by atoms with Crippen LogP contribution in [0.3, 0.4) is 0 Å². The smallest absolute Gasteiger partial charge is 0.255 e. The van der Waals surface area contributed by atoms with Gasteiger partial charge < -0.3 is 0 Å². The Kier molecular flexibility index (Phi) is 5.24.